The standard InChI is InChI=1S/C13H14N2OS2/c1-8-3-4-10(17)5-11(8)13(16)15-7-12-14-6-9(2)18-12/h3-6,17H,7H2,1-2H3,(H,15,16). The molecule has 3 nitrogen and oxygen atoms in total. The van der Waals surface area contributed by atoms with Gasteiger partial charge in [-0.2, -0.15) is 0 Å². The summed E-state index contributed by atoms with van der Waals surface area (Å²) in [5.41, 5.74) is 1.61. The molecule has 1 heterocycles. The van der Waals surface area contributed by atoms with Gasteiger partial charge in [0.25, 0.3) is 5.91 Å². The number of hydrogen-bond donors (Lipinski definition) is 2. The van der Waals surface area contributed by atoms with Crippen LogP contribution in [0.5, 0.6) is 0 Å². The Morgan fingerprint density at radius 2 is 2.22 bits per heavy atom. The highest BCUT2D eigenvalue weighted by molar-refractivity contribution is 7.80. The number of carbonyl (C=O) groups is 1. The third kappa shape index (κ3) is 3.11. The van der Waals surface area contributed by atoms with Crippen molar-refractivity contribution in [3.8, 4) is 0 Å². The smallest absolute Gasteiger partial charge is 0.251 e. The summed E-state index contributed by atoms with van der Waals surface area (Å²) in [6.07, 6.45) is 1.81. The lowest BCUT2D eigenvalue weighted by Crippen LogP contribution is -2.23. The molecule has 1 aromatic heterocycles. The van der Waals surface area contributed by atoms with Gasteiger partial charge in [-0.15, -0.1) is 24.0 Å². The Labute approximate surface area is 116 Å². The summed E-state index contributed by atoms with van der Waals surface area (Å²) < 4.78 is 0. The van der Waals surface area contributed by atoms with Crippen LogP contribution < -0.4 is 5.32 Å². The van der Waals surface area contributed by atoms with Gasteiger partial charge in [-0.3, -0.25) is 4.79 Å². The maximum atomic E-state index is 12.0. The zero-order chi connectivity index (χ0) is 13.1. The molecule has 0 aliphatic carbocycles. The number of amides is 1. The van der Waals surface area contributed by atoms with Gasteiger partial charge in [0.1, 0.15) is 5.01 Å². The first-order valence-electron chi connectivity index (χ1n) is 5.55. The van der Waals surface area contributed by atoms with Gasteiger partial charge in [0.15, 0.2) is 0 Å². The minimum atomic E-state index is -0.0868. The molecule has 18 heavy (non-hydrogen) atoms. The molecular formula is C13H14N2OS2. The number of benzene rings is 1. The molecule has 1 amide bonds. The van der Waals surface area contributed by atoms with Crippen LogP contribution in [0.25, 0.3) is 0 Å². The van der Waals surface area contributed by atoms with E-state index in [4.69, 9.17) is 0 Å². The lowest BCUT2D eigenvalue weighted by Gasteiger charge is -2.07. The summed E-state index contributed by atoms with van der Waals surface area (Å²) >= 11 is 5.84. The van der Waals surface area contributed by atoms with E-state index in [1.807, 2.05) is 32.2 Å². The maximum absolute atomic E-state index is 12.0. The van der Waals surface area contributed by atoms with Crippen LogP contribution in [0.3, 0.4) is 0 Å². The molecule has 0 saturated carbocycles. The lowest BCUT2D eigenvalue weighted by molar-refractivity contribution is 0.0950. The van der Waals surface area contributed by atoms with Crippen molar-refractivity contribution in [1.29, 1.82) is 0 Å². The van der Waals surface area contributed by atoms with Crippen LogP contribution in [0.4, 0.5) is 0 Å². The molecule has 0 saturated heterocycles. The molecule has 0 bridgehead atoms. The molecule has 0 aliphatic heterocycles. The Balaban J connectivity index is 2.05. The van der Waals surface area contributed by atoms with Gasteiger partial charge in [0, 0.05) is 21.5 Å². The number of carbonyl (C=O) groups excluding carboxylic acids is 1. The highest BCUT2D eigenvalue weighted by Gasteiger charge is 2.09. The van der Waals surface area contributed by atoms with E-state index < -0.39 is 0 Å². The first-order chi connectivity index (χ1) is 8.56. The molecule has 5 heteroatoms. The third-order valence-corrected chi connectivity index (χ3v) is 3.73. The van der Waals surface area contributed by atoms with Crippen molar-refractivity contribution in [2.75, 3.05) is 0 Å². The SMILES string of the molecule is Cc1cnc(CNC(=O)c2cc(S)ccc2C)s1. The molecule has 94 valence electrons. The monoisotopic (exact) mass is 278 g/mol. The number of thiazole rings is 1. The lowest BCUT2D eigenvalue weighted by atomic mass is 10.1. The van der Waals surface area contributed by atoms with E-state index >= 15 is 0 Å². The van der Waals surface area contributed by atoms with Gasteiger partial charge in [-0.1, -0.05) is 6.07 Å². The molecule has 1 aromatic carbocycles. The third-order valence-electron chi connectivity index (χ3n) is 2.54. The summed E-state index contributed by atoms with van der Waals surface area (Å²) in [7, 11) is 0. The van der Waals surface area contributed by atoms with E-state index in [9.17, 15) is 4.79 Å². The van der Waals surface area contributed by atoms with Crippen molar-refractivity contribution in [2.24, 2.45) is 0 Å². The molecule has 2 aromatic rings. The number of nitrogens with one attached hydrogen (secondary N) is 1. The Morgan fingerprint density at radius 3 is 2.89 bits per heavy atom. The first-order valence-corrected chi connectivity index (χ1v) is 6.82. The molecule has 0 fully saturated rings. The largest absolute Gasteiger partial charge is 0.346 e. The average molecular weight is 278 g/mol. The van der Waals surface area contributed by atoms with Gasteiger partial charge in [0.05, 0.1) is 6.54 Å². The van der Waals surface area contributed by atoms with E-state index in [1.54, 1.807) is 17.4 Å². The van der Waals surface area contributed by atoms with Gasteiger partial charge in [-0.25, -0.2) is 4.98 Å². The number of nitrogens with zero attached hydrogens (tertiary/aromatic N) is 1. The Bertz CT molecular complexity index is 578. The van der Waals surface area contributed by atoms with Crippen LogP contribution >= 0.6 is 24.0 Å². The molecular weight excluding hydrogens is 264 g/mol. The predicted molar refractivity (Wildman–Crippen MR) is 76.5 cm³/mol. The van der Waals surface area contributed by atoms with Gasteiger partial charge < -0.3 is 5.32 Å². The summed E-state index contributed by atoms with van der Waals surface area (Å²) in [6, 6.07) is 5.55. The van der Waals surface area contributed by atoms with E-state index in [0.29, 0.717) is 12.1 Å². The molecule has 0 radical (unpaired) electrons. The first kappa shape index (κ1) is 13.1. The van der Waals surface area contributed by atoms with Crippen molar-refractivity contribution < 1.29 is 4.79 Å². The minimum Gasteiger partial charge on any atom is -0.346 e. The van der Waals surface area contributed by atoms with Crippen molar-refractivity contribution in [3.63, 3.8) is 0 Å². The highest BCUT2D eigenvalue weighted by Crippen LogP contribution is 2.15. The summed E-state index contributed by atoms with van der Waals surface area (Å²) in [4.78, 5) is 18.2. The zero-order valence-corrected chi connectivity index (χ0v) is 11.9. The topological polar surface area (TPSA) is 42.0 Å². The molecule has 0 atom stereocenters. The number of rotatable bonds is 3. The second-order valence-corrected chi connectivity index (χ2v) is 5.88. The molecule has 1 N–H and O–H groups in total. The van der Waals surface area contributed by atoms with E-state index in [2.05, 4.69) is 22.9 Å². The Hall–Kier alpha value is -1.33. The van der Waals surface area contributed by atoms with Crippen LogP contribution in [0.2, 0.25) is 0 Å². The molecule has 0 unspecified atom stereocenters. The fourth-order valence-electron chi connectivity index (χ4n) is 1.59. The van der Waals surface area contributed by atoms with Crippen LogP contribution in [-0.4, -0.2) is 10.9 Å². The van der Waals surface area contributed by atoms with E-state index in [0.717, 1.165) is 20.3 Å². The Kier molecular flexibility index (Phi) is 4.04. The van der Waals surface area contributed by atoms with Gasteiger partial charge in [-0.05, 0) is 31.5 Å². The predicted octanol–water partition coefficient (Wildman–Crippen LogP) is 2.98. The molecule has 0 spiro atoms. The normalized spacial score (nSPS) is 10.4. The quantitative estimate of drug-likeness (QED) is 0.848. The van der Waals surface area contributed by atoms with Gasteiger partial charge >= 0.3 is 0 Å². The zero-order valence-electron chi connectivity index (χ0n) is 10.2. The Morgan fingerprint density at radius 1 is 1.44 bits per heavy atom. The fourth-order valence-corrected chi connectivity index (χ4v) is 2.52. The number of thiol groups is 1. The molecule has 2 rings (SSSR count). The summed E-state index contributed by atoms with van der Waals surface area (Å²) in [5, 5.41) is 3.79. The summed E-state index contributed by atoms with van der Waals surface area (Å²) in [5.74, 6) is -0.0868. The van der Waals surface area contributed by atoms with Crippen LogP contribution in [0.1, 0.15) is 25.8 Å². The van der Waals surface area contributed by atoms with Gasteiger partial charge in [0.2, 0.25) is 0 Å². The number of hydrogen-bond acceptors (Lipinski definition) is 4. The average Bonchev–Trinajstić information content (AvgIpc) is 2.75. The second-order valence-electron chi connectivity index (χ2n) is 4.05. The highest BCUT2D eigenvalue weighted by atomic mass is 32.1. The van der Waals surface area contributed by atoms with Crippen molar-refractivity contribution in [2.45, 2.75) is 25.3 Å². The van der Waals surface area contributed by atoms with E-state index in [-0.39, 0.29) is 5.91 Å². The molecule has 0 aliphatic rings. The second kappa shape index (κ2) is 5.54. The van der Waals surface area contributed by atoms with Crippen molar-refractivity contribution in [1.82, 2.24) is 10.3 Å². The minimum absolute atomic E-state index is 0.0868. The number of aryl methyl sites for hydroxylation is 2. The van der Waals surface area contributed by atoms with E-state index in [1.165, 1.54) is 0 Å². The van der Waals surface area contributed by atoms with Crippen molar-refractivity contribution >= 4 is 29.9 Å². The van der Waals surface area contributed by atoms with Crippen LogP contribution in [-0.2, 0) is 6.54 Å². The maximum Gasteiger partial charge on any atom is 0.251 e. The fraction of sp³-hybridized carbons (Fsp3) is 0.231. The van der Waals surface area contributed by atoms with Crippen molar-refractivity contribution in [3.05, 3.63) is 45.4 Å². The summed E-state index contributed by atoms with van der Waals surface area (Å²) in [6.45, 7) is 4.38. The number of aromatic nitrogens is 1. The van der Waals surface area contributed by atoms with Crippen LogP contribution in [0, 0.1) is 13.8 Å². The van der Waals surface area contributed by atoms with Crippen LogP contribution in [0.15, 0.2) is 29.3 Å².